The van der Waals surface area contributed by atoms with Crippen LogP contribution in [-0.4, -0.2) is 20.6 Å². The molecule has 0 aliphatic rings. The van der Waals surface area contributed by atoms with Crippen molar-refractivity contribution in [1.82, 2.24) is 15.3 Å². The highest BCUT2D eigenvalue weighted by atomic mass is 16.7. The van der Waals surface area contributed by atoms with E-state index in [4.69, 9.17) is 4.84 Å². The van der Waals surface area contributed by atoms with Gasteiger partial charge in [0.1, 0.15) is 18.9 Å². The van der Waals surface area contributed by atoms with Gasteiger partial charge in [0.25, 0.3) is 5.91 Å². The van der Waals surface area contributed by atoms with Crippen LogP contribution in [0.25, 0.3) is 0 Å². The van der Waals surface area contributed by atoms with E-state index in [1.54, 1.807) is 0 Å². The average Bonchev–Trinajstić information content (AvgIpc) is 2.88. The third kappa shape index (κ3) is 3.89. The quantitative estimate of drug-likeness (QED) is 0.627. The number of nitro groups is 1. The highest BCUT2D eigenvalue weighted by Gasteiger charge is 2.11. The molecule has 0 unspecified atom stereocenters. The molecule has 1 N–H and O–H groups in total. The molecule has 0 radical (unpaired) electrons. The maximum atomic E-state index is 11.5. The number of carbonyl (C=O) groups is 1. The van der Waals surface area contributed by atoms with E-state index in [0.717, 1.165) is 11.8 Å². The number of aromatic nitrogens is 2. The second-order valence-corrected chi connectivity index (χ2v) is 3.95. The molecule has 2 rings (SSSR count). The van der Waals surface area contributed by atoms with Crippen LogP contribution in [0.1, 0.15) is 5.56 Å². The molecule has 8 heteroatoms. The number of carbonyl (C=O) groups excluding carboxylic acids is 1. The predicted octanol–water partition coefficient (Wildman–Crippen LogP) is 1.04. The molecule has 0 aliphatic heterocycles. The number of hydrogen-bond donors (Lipinski definition) is 1. The summed E-state index contributed by atoms with van der Waals surface area (Å²) >= 11 is 0. The van der Waals surface area contributed by atoms with Crippen molar-refractivity contribution >= 4 is 11.6 Å². The fourth-order valence-electron chi connectivity index (χ4n) is 1.49. The Morgan fingerprint density at radius 1 is 1.40 bits per heavy atom. The van der Waals surface area contributed by atoms with Crippen LogP contribution in [0.4, 0.5) is 5.69 Å². The van der Waals surface area contributed by atoms with Crippen molar-refractivity contribution in [2.75, 3.05) is 0 Å². The first-order chi connectivity index (χ1) is 9.65. The zero-order chi connectivity index (χ0) is 14.4. The summed E-state index contributed by atoms with van der Waals surface area (Å²) < 4.78 is 1.17. The highest BCUT2D eigenvalue weighted by molar-refractivity contribution is 5.74. The maximum Gasteiger partial charge on any atom is 0.307 e. The monoisotopic (exact) mass is 276 g/mol. The van der Waals surface area contributed by atoms with Gasteiger partial charge < -0.3 is 0 Å². The van der Waals surface area contributed by atoms with Crippen LogP contribution < -0.4 is 5.48 Å². The summed E-state index contributed by atoms with van der Waals surface area (Å²) in [6, 6.07) is 9.34. The van der Waals surface area contributed by atoms with Gasteiger partial charge in [0.15, 0.2) is 0 Å². The topological polar surface area (TPSA) is 99.3 Å². The van der Waals surface area contributed by atoms with Crippen molar-refractivity contribution in [3.8, 4) is 0 Å². The third-order valence-corrected chi connectivity index (χ3v) is 2.40. The molecule has 1 aromatic carbocycles. The summed E-state index contributed by atoms with van der Waals surface area (Å²) in [5.74, 6) is -0.445. The van der Waals surface area contributed by atoms with Crippen molar-refractivity contribution in [2.24, 2.45) is 0 Å². The summed E-state index contributed by atoms with van der Waals surface area (Å²) in [5.41, 5.74) is 3.00. The Balaban J connectivity index is 1.76. The van der Waals surface area contributed by atoms with Crippen molar-refractivity contribution in [2.45, 2.75) is 13.2 Å². The molecule has 20 heavy (non-hydrogen) atoms. The molecule has 0 fully saturated rings. The van der Waals surface area contributed by atoms with Gasteiger partial charge in [-0.3, -0.25) is 24.4 Å². The Morgan fingerprint density at radius 2 is 2.15 bits per heavy atom. The van der Waals surface area contributed by atoms with Crippen molar-refractivity contribution in [3.63, 3.8) is 0 Å². The molecule has 1 heterocycles. The van der Waals surface area contributed by atoms with Gasteiger partial charge in [-0.05, 0) is 5.56 Å². The molecule has 0 saturated carbocycles. The minimum absolute atomic E-state index is 0.150. The maximum absolute atomic E-state index is 11.5. The zero-order valence-electron chi connectivity index (χ0n) is 10.4. The number of nitrogens with one attached hydrogen (secondary N) is 1. The molecule has 104 valence electrons. The molecule has 0 spiro atoms. The lowest BCUT2D eigenvalue weighted by molar-refractivity contribution is -0.385. The lowest BCUT2D eigenvalue weighted by Gasteiger charge is -2.05. The molecular weight excluding hydrogens is 264 g/mol. The highest BCUT2D eigenvalue weighted by Crippen LogP contribution is 2.07. The van der Waals surface area contributed by atoms with Crippen LogP contribution in [0.15, 0.2) is 42.7 Å². The van der Waals surface area contributed by atoms with E-state index >= 15 is 0 Å². The van der Waals surface area contributed by atoms with Crippen molar-refractivity contribution < 1.29 is 14.6 Å². The fraction of sp³-hybridized carbons (Fsp3) is 0.167. The smallest absolute Gasteiger partial charge is 0.271 e. The zero-order valence-corrected chi connectivity index (χ0v) is 10.4. The number of hydroxylamine groups is 1. The molecule has 0 bridgehead atoms. The molecule has 8 nitrogen and oxygen atoms in total. The van der Waals surface area contributed by atoms with Crippen LogP contribution in [0.2, 0.25) is 0 Å². The van der Waals surface area contributed by atoms with Gasteiger partial charge in [0, 0.05) is 0 Å². The standard InChI is InChI=1S/C12H12N4O4/c17-12(8-15-7-11(6-13-15)16(18)19)14-20-9-10-4-2-1-3-5-10/h1-7H,8-9H2,(H,14,17). The van der Waals surface area contributed by atoms with Gasteiger partial charge in [-0.25, -0.2) is 5.48 Å². The Labute approximate surface area is 114 Å². The minimum Gasteiger partial charge on any atom is -0.271 e. The predicted molar refractivity (Wildman–Crippen MR) is 68.3 cm³/mol. The van der Waals surface area contributed by atoms with Gasteiger partial charge >= 0.3 is 5.69 Å². The molecule has 2 aromatic rings. The summed E-state index contributed by atoms with van der Waals surface area (Å²) in [7, 11) is 0. The van der Waals surface area contributed by atoms with Crippen LogP contribution in [-0.2, 0) is 22.8 Å². The molecule has 1 amide bonds. The summed E-state index contributed by atoms with van der Waals surface area (Å²) in [6.45, 7) is 0.0917. The number of amides is 1. The number of hydrogen-bond acceptors (Lipinski definition) is 5. The van der Waals surface area contributed by atoms with Crippen LogP contribution >= 0.6 is 0 Å². The van der Waals surface area contributed by atoms with E-state index in [9.17, 15) is 14.9 Å². The van der Waals surface area contributed by atoms with E-state index in [-0.39, 0.29) is 18.8 Å². The first-order valence-electron chi connectivity index (χ1n) is 5.76. The number of rotatable bonds is 6. The second kappa shape index (κ2) is 6.43. The fourth-order valence-corrected chi connectivity index (χ4v) is 1.49. The summed E-state index contributed by atoms with van der Waals surface area (Å²) in [4.78, 5) is 26.4. The SMILES string of the molecule is O=C(Cn1cc([N+](=O)[O-])cn1)NOCc1ccccc1. The Kier molecular flexibility index (Phi) is 4.40. The first-order valence-corrected chi connectivity index (χ1v) is 5.76. The summed E-state index contributed by atoms with van der Waals surface area (Å²) in [5, 5.41) is 14.2. The lowest BCUT2D eigenvalue weighted by atomic mass is 10.2. The largest absolute Gasteiger partial charge is 0.307 e. The normalized spacial score (nSPS) is 10.2. The molecule has 1 aromatic heterocycles. The van der Waals surface area contributed by atoms with Gasteiger partial charge in [-0.15, -0.1) is 0 Å². The Hall–Kier alpha value is -2.74. The number of benzene rings is 1. The van der Waals surface area contributed by atoms with Gasteiger partial charge in [0.2, 0.25) is 0 Å². The van der Waals surface area contributed by atoms with E-state index < -0.39 is 10.8 Å². The van der Waals surface area contributed by atoms with Crippen molar-refractivity contribution in [3.05, 3.63) is 58.4 Å². The lowest BCUT2D eigenvalue weighted by Crippen LogP contribution is -2.27. The van der Waals surface area contributed by atoms with Crippen LogP contribution in [0.5, 0.6) is 0 Å². The minimum atomic E-state index is -0.576. The van der Waals surface area contributed by atoms with E-state index in [1.165, 1.54) is 10.9 Å². The van der Waals surface area contributed by atoms with Gasteiger partial charge in [-0.2, -0.15) is 5.10 Å². The summed E-state index contributed by atoms with van der Waals surface area (Å²) in [6.07, 6.45) is 2.26. The molecular formula is C12H12N4O4. The van der Waals surface area contributed by atoms with Gasteiger partial charge in [0.05, 0.1) is 11.5 Å². The Bertz CT molecular complexity index is 597. The molecule has 0 aliphatic carbocycles. The first kappa shape index (κ1) is 13.7. The van der Waals surface area contributed by atoms with E-state index in [1.807, 2.05) is 30.3 Å². The Morgan fingerprint density at radius 3 is 2.80 bits per heavy atom. The van der Waals surface area contributed by atoms with E-state index in [0.29, 0.717) is 0 Å². The molecule has 0 atom stereocenters. The van der Waals surface area contributed by atoms with Gasteiger partial charge in [-0.1, -0.05) is 30.3 Å². The second-order valence-electron chi connectivity index (χ2n) is 3.95. The average molecular weight is 276 g/mol. The molecule has 0 saturated heterocycles. The number of nitrogens with zero attached hydrogens (tertiary/aromatic N) is 3. The van der Waals surface area contributed by atoms with Crippen molar-refractivity contribution in [1.29, 1.82) is 0 Å². The van der Waals surface area contributed by atoms with Crippen LogP contribution in [0.3, 0.4) is 0 Å². The third-order valence-electron chi connectivity index (χ3n) is 2.40. The van der Waals surface area contributed by atoms with E-state index in [2.05, 4.69) is 10.6 Å². The van der Waals surface area contributed by atoms with Crippen LogP contribution in [0, 0.1) is 10.1 Å².